The predicted molar refractivity (Wildman–Crippen MR) is 69.6 cm³/mol. The Morgan fingerprint density at radius 2 is 1.69 bits per heavy atom. The highest BCUT2D eigenvalue weighted by Crippen LogP contribution is 2.26. The minimum Gasteiger partial charge on any atom is -0.314 e. The molecule has 1 aliphatic heterocycles. The van der Waals surface area contributed by atoms with Crippen LogP contribution in [0.4, 0.5) is 0 Å². The minimum absolute atomic E-state index is 0.735. The van der Waals surface area contributed by atoms with E-state index in [-0.39, 0.29) is 0 Å². The molecular formula is C14H28N2. The van der Waals surface area contributed by atoms with Gasteiger partial charge < -0.3 is 5.32 Å². The molecule has 0 aromatic carbocycles. The van der Waals surface area contributed by atoms with Crippen molar-refractivity contribution in [2.75, 3.05) is 19.6 Å². The zero-order valence-corrected chi connectivity index (χ0v) is 11.4. The Hall–Kier alpha value is -0.0800. The van der Waals surface area contributed by atoms with Gasteiger partial charge in [-0.1, -0.05) is 20.8 Å². The molecule has 2 aliphatic rings. The third-order valence-corrected chi connectivity index (χ3v) is 4.72. The number of rotatable bonds is 5. The van der Waals surface area contributed by atoms with Gasteiger partial charge >= 0.3 is 0 Å². The molecular weight excluding hydrogens is 196 g/mol. The Labute approximate surface area is 101 Å². The summed E-state index contributed by atoms with van der Waals surface area (Å²) in [6, 6.07) is 1.59. The van der Waals surface area contributed by atoms with Crippen LogP contribution in [0.15, 0.2) is 0 Å². The molecule has 2 rings (SSSR count). The SMILES string of the molecule is CC1CN(C(C)C(C)CNC2CC2)CC1C. The van der Waals surface area contributed by atoms with Crippen LogP contribution in [0, 0.1) is 17.8 Å². The maximum Gasteiger partial charge on any atom is 0.0105 e. The summed E-state index contributed by atoms with van der Waals surface area (Å²) in [5, 5.41) is 3.66. The van der Waals surface area contributed by atoms with Gasteiger partial charge in [-0.25, -0.2) is 0 Å². The first kappa shape index (κ1) is 12.4. The van der Waals surface area contributed by atoms with Gasteiger partial charge in [-0.2, -0.15) is 0 Å². The Kier molecular flexibility index (Phi) is 3.91. The molecule has 94 valence electrons. The summed E-state index contributed by atoms with van der Waals surface area (Å²) in [5.41, 5.74) is 0. The van der Waals surface area contributed by atoms with Gasteiger partial charge in [0.2, 0.25) is 0 Å². The topological polar surface area (TPSA) is 15.3 Å². The third-order valence-electron chi connectivity index (χ3n) is 4.72. The number of likely N-dealkylation sites (tertiary alicyclic amines) is 1. The maximum atomic E-state index is 3.66. The highest BCUT2D eigenvalue weighted by atomic mass is 15.2. The number of hydrogen-bond acceptors (Lipinski definition) is 2. The summed E-state index contributed by atoms with van der Waals surface area (Å²) in [6.45, 7) is 13.4. The van der Waals surface area contributed by atoms with Gasteiger partial charge in [-0.15, -0.1) is 0 Å². The van der Waals surface area contributed by atoms with E-state index >= 15 is 0 Å². The molecule has 1 heterocycles. The van der Waals surface area contributed by atoms with Crippen molar-refractivity contribution in [1.82, 2.24) is 10.2 Å². The van der Waals surface area contributed by atoms with Crippen molar-refractivity contribution in [3.05, 3.63) is 0 Å². The number of nitrogens with one attached hydrogen (secondary N) is 1. The first-order valence-corrected chi connectivity index (χ1v) is 7.05. The van der Waals surface area contributed by atoms with Crippen molar-refractivity contribution in [3.63, 3.8) is 0 Å². The molecule has 0 bridgehead atoms. The van der Waals surface area contributed by atoms with E-state index in [2.05, 4.69) is 37.9 Å². The van der Waals surface area contributed by atoms with Crippen LogP contribution in [-0.2, 0) is 0 Å². The van der Waals surface area contributed by atoms with Crippen LogP contribution in [-0.4, -0.2) is 36.6 Å². The summed E-state index contributed by atoms with van der Waals surface area (Å²) < 4.78 is 0. The van der Waals surface area contributed by atoms with E-state index in [0.717, 1.165) is 29.8 Å². The first-order chi connectivity index (χ1) is 7.58. The highest BCUT2D eigenvalue weighted by Gasteiger charge is 2.31. The second-order valence-corrected chi connectivity index (χ2v) is 6.31. The molecule has 2 nitrogen and oxygen atoms in total. The zero-order chi connectivity index (χ0) is 11.7. The van der Waals surface area contributed by atoms with E-state index in [1.807, 2.05) is 0 Å². The first-order valence-electron chi connectivity index (χ1n) is 7.05. The number of hydrogen-bond donors (Lipinski definition) is 1. The average molecular weight is 224 g/mol. The van der Waals surface area contributed by atoms with Gasteiger partial charge in [0.15, 0.2) is 0 Å². The molecule has 2 heteroatoms. The van der Waals surface area contributed by atoms with Crippen molar-refractivity contribution in [3.8, 4) is 0 Å². The average Bonchev–Trinajstić information content (AvgIpc) is 3.02. The lowest BCUT2D eigenvalue weighted by Crippen LogP contribution is -2.40. The standard InChI is InChI=1S/C14H28N2/c1-10(7-15-14-5-6-14)13(4)16-8-11(2)12(3)9-16/h10-15H,5-9H2,1-4H3. The molecule has 0 radical (unpaired) electrons. The van der Waals surface area contributed by atoms with Crippen molar-refractivity contribution < 1.29 is 0 Å². The molecule has 0 spiro atoms. The monoisotopic (exact) mass is 224 g/mol. The molecule has 1 aliphatic carbocycles. The normalized spacial score (nSPS) is 35.2. The molecule has 4 unspecified atom stereocenters. The van der Waals surface area contributed by atoms with E-state index in [9.17, 15) is 0 Å². The molecule has 1 saturated carbocycles. The molecule has 2 fully saturated rings. The fourth-order valence-corrected chi connectivity index (χ4v) is 2.68. The lowest BCUT2D eigenvalue weighted by Gasteiger charge is -2.30. The van der Waals surface area contributed by atoms with Gasteiger partial charge in [0.1, 0.15) is 0 Å². The van der Waals surface area contributed by atoms with Gasteiger partial charge in [-0.3, -0.25) is 4.90 Å². The predicted octanol–water partition coefficient (Wildman–Crippen LogP) is 2.35. The van der Waals surface area contributed by atoms with Crippen LogP contribution in [0.3, 0.4) is 0 Å². The van der Waals surface area contributed by atoms with Crippen LogP contribution in [0.25, 0.3) is 0 Å². The Morgan fingerprint density at radius 1 is 1.12 bits per heavy atom. The quantitative estimate of drug-likeness (QED) is 0.771. The van der Waals surface area contributed by atoms with E-state index in [4.69, 9.17) is 0 Å². The second kappa shape index (κ2) is 5.05. The minimum atomic E-state index is 0.735. The zero-order valence-electron chi connectivity index (χ0n) is 11.4. The lowest BCUT2D eigenvalue weighted by atomic mass is 10.0. The summed E-state index contributed by atoms with van der Waals surface area (Å²) in [5.74, 6) is 2.54. The van der Waals surface area contributed by atoms with Crippen LogP contribution in [0.5, 0.6) is 0 Å². The summed E-state index contributed by atoms with van der Waals surface area (Å²) in [7, 11) is 0. The number of nitrogens with zero attached hydrogens (tertiary/aromatic N) is 1. The summed E-state index contributed by atoms with van der Waals surface area (Å²) >= 11 is 0. The maximum absolute atomic E-state index is 3.66. The molecule has 0 aromatic rings. The Balaban J connectivity index is 1.74. The Morgan fingerprint density at radius 3 is 2.19 bits per heavy atom. The molecule has 0 amide bonds. The molecule has 16 heavy (non-hydrogen) atoms. The van der Waals surface area contributed by atoms with Crippen LogP contribution in [0.2, 0.25) is 0 Å². The highest BCUT2D eigenvalue weighted by molar-refractivity contribution is 4.86. The van der Waals surface area contributed by atoms with Gasteiger partial charge in [-0.05, 0) is 44.1 Å². The molecule has 1 saturated heterocycles. The van der Waals surface area contributed by atoms with E-state index in [1.165, 1.54) is 32.5 Å². The lowest BCUT2D eigenvalue weighted by molar-refractivity contribution is 0.187. The summed E-state index contributed by atoms with van der Waals surface area (Å²) in [6.07, 6.45) is 2.80. The third kappa shape index (κ3) is 2.98. The molecule has 0 aromatic heterocycles. The van der Waals surface area contributed by atoms with Crippen LogP contribution < -0.4 is 5.32 Å². The summed E-state index contributed by atoms with van der Waals surface area (Å²) in [4.78, 5) is 2.69. The van der Waals surface area contributed by atoms with Crippen LogP contribution >= 0.6 is 0 Å². The molecule has 1 N–H and O–H groups in total. The van der Waals surface area contributed by atoms with Crippen molar-refractivity contribution >= 4 is 0 Å². The fourth-order valence-electron chi connectivity index (χ4n) is 2.68. The van der Waals surface area contributed by atoms with E-state index in [0.29, 0.717) is 0 Å². The largest absolute Gasteiger partial charge is 0.314 e. The van der Waals surface area contributed by atoms with Crippen molar-refractivity contribution in [2.24, 2.45) is 17.8 Å². The molecule has 4 atom stereocenters. The van der Waals surface area contributed by atoms with Crippen LogP contribution in [0.1, 0.15) is 40.5 Å². The second-order valence-electron chi connectivity index (χ2n) is 6.31. The smallest absolute Gasteiger partial charge is 0.0105 e. The van der Waals surface area contributed by atoms with Crippen molar-refractivity contribution in [1.29, 1.82) is 0 Å². The van der Waals surface area contributed by atoms with E-state index in [1.54, 1.807) is 0 Å². The van der Waals surface area contributed by atoms with Crippen molar-refractivity contribution in [2.45, 2.75) is 52.6 Å². The Bertz CT molecular complexity index is 215. The van der Waals surface area contributed by atoms with Gasteiger partial charge in [0, 0.05) is 25.2 Å². The fraction of sp³-hybridized carbons (Fsp3) is 1.00. The van der Waals surface area contributed by atoms with Gasteiger partial charge in [0.05, 0.1) is 0 Å². The van der Waals surface area contributed by atoms with Gasteiger partial charge in [0.25, 0.3) is 0 Å². The van der Waals surface area contributed by atoms with E-state index < -0.39 is 0 Å².